The summed E-state index contributed by atoms with van der Waals surface area (Å²) in [7, 11) is -4.67. The summed E-state index contributed by atoms with van der Waals surface area (Å²) in [6.45, 7) is 7.10. The van der Waals surface area contributed by atoms with Gasteiger partial charge in [-0.05, 0) is 0 Å². The molecule has 0 saturated heterocycles. The van der Waals surface area contributed by atoms with Crippen molar-refractivity contribution < 1.29 is 17.5 Å². The van der Waals surface area contributed by atoms with E-state index in [-0.39, 0.29) is 0 Å². The Labute approximate surface area is 143 Å². The third-order valence-electron chi connectivity index (χ3n) is 3.03. The van der Waals surface area contributed by atoms with Gasteiger partial charge in [0.15, 0.2) is 0 Å². The van der Waals surface area contributed by atoms with Crippen LogP contribution in [0.25, 0.3) is 0 Å². The van der Waals surface area contributed by atoms with Crippen molar-refractivity contribution in [2.24, 2.45) is 0 Å². The average molecular weight is 318 g/mol. The van der Waals surface area contributed by atoms with Crippen LogP contribution in [-0.2, 0) is 10.4 Å². The van der Waals surface area contributed by atoms with Gasteiger partial charge < -0.3 is 0 Å². The summed E-state index contributed by atoms with van der Waals surface area (Å²) in [6, 6.07) is 0. The second kappa shape index (κ2) is 13.5. The molecular weight excluding hydrogens is 287 g/mol. The van der Waals surface area contributed by atoms with E-state index in [4.69, 9.17) is 17.5 Å². The molecule has 0 atom stereocenters. The van der Waals surface area contributed by atoms with Crippen LogP contribution in [0.1, 0.15) is 85.0 Å². The van der Waals surface area contributed by atoms with Gasteiger partial charge in [0.25, 0.3) is 0 Å². The molecule has 0 unspecified atom stereocenters. The molecule has 4 nitrogen and oxygen atoms in total. The molecule has 0 heterocycles. The molecular formula is C14H31NaO4S. The van der Waals surface area contributed by atoms with Crippen LogP contribution in [0.15, 0.2) is 0 Å². The number of hydrogen-bond acceptors (Lipinski definition) is 2. The fraction of sp³-hybridized carbons (Fsp3) is 1.00. The predicted molar refractivity (Wildman–Crippen MR) is 85.8 cm³/mol. The van der Waals surface area contributed by atoms with Crippen LogP contribution in [-0.4, -0.2) is 45.5 Å². The smallest absolute Gasteiger partial charge is 0.264 e. The average Bonchev–Trinajstić information content (AvgIpc) is 2.23. The molecule has 0 aliphatic carbocycles. The van der Waals surface area contributed by atoms with Crippen molar-refractivity contribution in [3.63, 3.8) is 0 Å². The van der Waals surface area contributed by atoms with Crippen molar-refractivity contribution in [2.75, 3.05) is 0 Å². The van der Waals surface area contributed by atoms with Gasteiger partial charge in [-0.3, -0.25) is 9.11 Å². The first-order valence-corrected chi connectivity index (χ1v) is 10.2. The summed E-state index contributed by atoms with van der Waals surface area (Å²) < 4.78 is 32.3. The van der Waals surface area contributed by atoms with Gasteiger partial charge >= 0.3 is 126 Å². The Kier molecular flexibility index (Phi) is 15.7. The maximum absolute atomic E-state index is 8.74. The van der Waals surface area contributed by atoms with Crippen molar-refractivity contribution in [2.45, 2.75) is 87.6 Å². The summed E-state index contributed by atoms with van der Waals surface area (Å²) in [5.41, 5.74) is 0. The molecule has 0 aromatic rings. The van der Waals surface area contributed by atoms with E-state index < -0.39 is 10.4 Å². The standard InChI is InChI=1S/C14H29.Na.H2O4S/c1-4-5-6-7-8-9-10-11-12-13-14(2)3;;1-5(2,3)4/h4-13H2,1-3H3;;(H2,1,2,3,4). The molecule has 6 heteroatoms. The maximum Gasteiger partial charge on any atom is 0.394 e. The van der Waals surface area contributed by atoms with Crippen LogP contribution >= 0.6 is 0 Å². The molecule has 0 aromatic heterocycles. The fourth-order valence-corrected chi connectivity index (χ4v) is 2.32. The Morgan fingerprint density at radius 3 is 1.45 bits per heavy atom. The molecule has 0 aliphatic heterocycles. The molecule has 0 radical (unpaired) electrons. The zero-order chi connectivity index (χ0) is 16.1. The quantitative estimate of drug-likeness (QED) is 0.350. The zero-order valence-corrected chi connectivity index (χ0v) is 16.5. The predicted octanol–water partition coefficient (Wildman–Crippen LogP) is 4.62. The second-order valence-electron chi connectivity index (χ2n) is 6.59. The van der Waals surface area contributed by atoms with Crippen LogP contribution in [0, 0.1) is 0 Å². The molecule has 0 amide bonds. The van der Waals surface area contributed by atoms with Crippen LogP contribution < -0.4 is 0 Å². The van der Waals surface area contributed by atoms with Gasteiger partial charge in [-0.15, -0.1) is 0 Å². The van der Waals surface area contributed by atoms with Gasteiger partial charge in [0.1, 0.15) is 0 Å². The monoisotopic (exact) mass is 318 g/mol. The van der Waals surface area contributed by atoms with Crippen molar-refractivity contribution in [1.29, 1.82) is 0 Å². The van der Waals surface area contributed by atoms with E-state index in [1.54, 1.807) is 0 Å². The van der Waals surface area contributed by atoms with E-state index in [1.807, 2.05) is 0 Å². The van der Waals surface area contributed by atoms with E-state index >= 15 is 0 Å². The van der Waals surface area contributed by atoms with E-state index in [0.29, 0.717) is 2.66 Å². The van der Waals surface area contributed by atoms with Crippen LogP contribution in [0.3, 0.4) is 0 Å². The van der Waals surface area contributed by atoms with Gasteiger partial charge in [-0.2, -0.15) is 8.42 Å². The normalized spacial score (nSPS) is 11.9. The first-order valence-electron chi connectivity index (χ1n) is 7.76. The number of rotatable bonds is 10. The Balaban J connectivity index is 0. The van der Waals surface area contributed by atoms with Gasteiger partial charge in [0, 0.05) is 0 Å². The van der Waals surface area contributed by atoms with E-state index in [0.717, 1.165) is 0 Å². The minimum absolute atomic E-state index is 0.682. The first kappa shape index (κ1) is 23.1. The summed E-state index contributed by atoms with van der Waals surface area (Å²) in [6.07, 6.45) is 14.6. The van der Waals surface area contributed by atoms with Crippen molar-refractivity contribution in [3.8, 4) is 0 Å². The Morgan fingerprint density at radius 2 is 1.15 bits per heavy atom. The summed E-state index contributed by atoms with van der Waals surface area (Å²) in [4.78, 5) is 0. The summed E-state index contributed by atoms with van der Waals surface area (Å²) >= 11 is 1.35. The Hall–Kier alpha value is 0.870. The van der Waals surface area contributed by atoms with Crippen LogP contribution in [0.5, 0.6) is 0 Å². The maximum atomic E-state index is 8.74. The SMILES string of the molecule is CCCCCCCCCCC[C](C)(C)[Na].O=S(=O)(O)O. The van der Waals surface area contributed by atoms with Gasteiger partial charge in [-0.25, -0.2) is 0 Å². The second-order valence-corrected chi connectivity index (χ2v) is 10.2. The molecule has 0 rings (SSSR count). The van der Waals surface area contributed by atoms with Crippen molar-refractivity contribution in [3.05, 3.63) is 0 Å². The molecule has 118 valence electrons. The molecule has 0 bridgehead atoms. The Morgan fingerprint density at radius 1 is 0.850 bits per heavy atom. The molecule has 0 fully saturated rings. The van der Waals surface area contributed by atoms with Crippen molar-refractivity contribution in [1.82, 2.24) is 0 Å². The first-order chi connectivity index (χ1) is 9.06. The molecule has 0 aliphatic rings. The summed E-state index contributed by atoms with van der Waals surface area (Å²) in [5, 5.41) is 0. The molecule has 0 spiro atoms. The molecule has 0 aromatic carbocycles. The van der Waals surface area contributed by atoms with E-state index in [1.165, 1.54) is 92.1 Å². The molecule has 2 N–H and O–H groups in total. The van der Waals surface area contributed by atoms with Gasteiger partial charge in [-0.1, -0.05) is 0 Å². The third kappa shape index (κ3) is 36.4. The fourth-order valence-electron chi connectivity index (χ4n) is 1.97. The minimum atomic E-state index is -4.67. The molecule has 0 saturated carbocycles. The topological polar surface area (TPSA) is 74.6 Å². The number of unbranched alkanes of at least 4 members (excludes halogenated alkanes) is 8. The summed E-state index contributed by atoms with van der Waals surface area (Å²) in [5.74, 6) is 0. The van der Waals surface area contributed by atoms with E-state index in [2.05, 4.69) is 20.8 Å². The van der Waals surface area contributed by atoms with Crippen molar-refractivity contribution >= 4 is 38.3 Å². The molecule has 20 heavy (non-hydrogen) atoms. The van der Waals surface area contributed by atoms with Gasteiger partial charge in [0.05, 0.1) is 0 Å². The van der Waals surface area contributed by atoms with Crippen LogP contribution in [0.4, 0.5) is 0 Å². The minimum Gasteiger partial charge on any atom is -0.264 e. The Bertz CT molecular complexity index is 289. The third-order valence-corrected chi connectivity index (χ3v) is 3.53. The van der Waals surface area contributed by atoms with Crippen LogP contribution in [0.2, 0.25) is 2.66 Å². The zero-order valence-electron chi connectivity index (χ0n) is 13.7. The largest absolute Gasteiger partial charge is 0.394 e. The van der Waals surface area contributed by atoms with Gasteiger partial charge in [0.2, 0.25) is 0 Å². The number of hydrogen-bond donors (Lipinski definition) is 2. The van der Waals surface area contributed by atoms with E-state index in [9.17, 15) is 0 Å².